The van der Waals surface area contributed by atoms with Crippen molar-refractivity contribution in [1.29, 1.82) is 0 Å². The molecule has 3 atom stereocenters. The number of hydroxylamine groups is 2. The van der Waals surface area contributed by atoms with Crippen molar-refractivity contribution in [2.75, 3.05) is 13.2 Å². The van der Waals surface area contributed by atoms with Crippen LogP contribution in [0.4, 0.5) is 0 Å². The Bertz CT molecular complexity index is 341. The van der Waals surface area contributed by atoms with Gasteiger partial charge in [0.25, 0.3) is 10.1 Å². The van der Waals surface area contributed by atoms with Gasteiger partial charge in [-0.2, -0.15) is 13.5 Å². The lowest BCUT2D eigenvalue weighted by atomic mass is 10.0. The Kier molecular flexibility index (Phi) is 1.89. The van der Waals surface area contributed by atoms with Crippen LogP contribution in [0.5, 0.6) is 0 Å². The summed E-state index contributed by atoms with van der Waals surface area (Å²) in [6, 6.07) is 0.0289. The molecule has 0 radical (unpaired) electrons. The van der Waals surface area contributed by atoms with Crippen molar-refractivity contribution in [3.63, 3.8) is 0 Å². The average Bonchev–Trinajstić information content (AvgIpc) is 2.65. The fourth-order valence-electron chi connectivity index (χ4n) is 2.62. The van der Waals surface area contributed by atoms with Crippen LogP contribution < -0.4 is 0 Å². The number of hydrogen-bond acceptors (Lipinski definition) is 5. The molecule has 0 aromatic heterocycles. The van der Waals surface area contributed by atoms with Crippen molar-refractivity contribution in [2.24, 2.45) is 0 Å². The summed E-state index contributed by atoms with van der Waals surface area (Å²) in [4.78, 5) is 5.55. The van der Waals surface area contributed by atoms with Gasteiger partial charge >= 0.3 is 0 Å². The number of nitrogens with zero attached hydrogens (tertiary/aromatic N) is 1. The summed E-state index contributed by atoms with van der Waals surface area (Å²) in [6.45, 7) is 1.05. The fourth-order valence-corrected chi connectivity index (χ4v) is 4.25. The van der Waals surface area contributed by atoms with Gasteiger partial charge < -0.3 is 0 Å². The molecule has 14 heavy (non-hydrogen) atoms. The van der Waals surface area contributed by atoms with Crippen LogP contribution in [-0.2, 0) is 19.1 Å². The summed E-state index contributed by atoms with van der Waals surface area (Å²) < 4.78 is 27.9. The minimum atomic E-state index is -3.36. The summed E-state index contributed by atoms with van der Waals surface area (Å²) in [5, 5.41) is 1.40. The van der Waals surface area contributed by atoms with E-state index in [0.717, 1.165) is 25.8 Å². The van der Waals surface area contributed by atoms with E-state index in [1.54, 1.807) is 0 Å². The molecule has 3 heterocycles. The zero-order valence-electron chi connectivity index (χ0n) is 7.76. The van der Waals surface area contributed by atoms with Gasteiger partial charge in [-0.1, -0.05) is 6.42 Å². The summed E-state index contributed by atoms with van der Waals surface area (Å²) >= 11 is 0. The molecule has 0 spiro atoms. The van der Waals surface area contributed by atoms with Gasteiger partial charge in [-0.15, -0.1) is 0 Å². The second-order valence-electron chi connectivity index (χ2n) is 4.09. The van der Waals surface area contributed by atoms with Crippen molar-refractivity contribution in [3.05, 3.63) is 0 Å². The zero-order chi connectivity index (χ0) is 9.76. The molecular weight excluding hydrogens is 206 g/mol. The van der Waals surface area contributed by atoms with Gasteiger partial charge in [0, 0.05) is 6.54 Å². The maximum absolute atomic E-state index is 11.6. The number of hydrogen-bond donors (Lipinski definition) is 0. The first kappa shape index (κ1) is 9.08. The minimum absolute atomic E-state index is 0.0289. The molecule has 0 bridgehead atoms. The molecule has 3 aliphatic rings. The first-order valence-electron chi connectivity index (χ1n) is 5.00. The van der Waals surface area contributed by atoms with Gasteiger partial charge in [0.05, 0.1) is 12.6 Å². The van der Waals surface area contributed by atoms with E-state index < -0.39 is 15.4 Å². The van der Waals surface area contributed by atoms with Crippen LogP contribution in [0.1, 0.15) is 19.3 Å². The van der Waals surface area contributed by atoms with Crippen molar-refractivity contribution in [3.8, 4) is 0 Å². The van der Waals surface area contributed by atoms with Crippen molar-refractivity contribution >= 4 is 10.1 Å². The molecule has 80 valence electrons. The average molecular weight is 219 g/mol. The summed E-state index contributed by atoms with van der Waals surface area (Å²) in [6.07, 6.45) is 2.83. The van der Waals surface area contributed by atoms with Crippen molar-refractivity contribution in [1.82, 2.24) is 5.06 Å². The Labute approximate surface area is 83.1 Å². The van der Waals surface area contributed by atoms with E-state index in [-0.39, 0.29) is 18.8 Å². The SMILES string of the molecule is O=S1(=O)OC[C@H]2ON3CCCC[C@@H]3[C@H]21. The standard InChI is InChI=1S/C8H13NO4S/c10-14(11)8-6-3-1-2-4-9(6)13-7(8)5-12-14/h6-8H,1-5H2/t6-,7-,8-/m1/s1. The Hall–Kier alpha value is -0.170. The van der Waals surface area contributed by atoms with Crippen LogP contribution in [-0.4, -0.2) is 44.0 Å². The van der Waals surface area contributed by atoms with Crippen LogP contribution in [0.3, 0.4) is 0 Å². The summed E-state index contributed by atoms with van der Waals surface area (Å²) in [5.41, 5.74) is 0. The van der Waals surface area contributed by atoms with E-state index in [1.165, 1.54) is 0 Å². The van der Waals surface area contributed by atoms with E-state index in [0.29, 0.717) is 0 Å². The molecule has 0 unspecified atom stereocenters. The lowest BCUT2D eigenvalue weighted by molar-refractivity contribution is -0.175. The lowest BCUT2D eigenvalue weighted by Gasteiger charge is -2.28. The highest BCUT2D eigenvalue weighted by Gasteiger charge is 2.55. The summed E-state index contributed by atoms with van der Waals surface area (Å²) in [7, 11) is -3.36. The highest BCUT2D eigenvalue weighted by atomic mass is 32.2. The molecular formula is C8H13NO4S. The summed E-state index contributed by atoms with van der Waals surface area (Å²) in [5.74, 6) is 0. The first-order valence-corrected chi connectivity index (χ1v) is 6.47. The predicted octanol–water partition coefficient (Wildman–Crippen LogP) is -0.117. The quantitative estimate of drug-likeness (QED) is 0.532. The van der Waals surface area contributed by atoms with Gasteiger partial charge in [0.1, 0.15) is 11.4 Å². The maximum atomic E-state index is 11.6. The van der Waals surface area contributed by atoms with E-state index in [4.69, 9.17) is 9.02 Å². The third kappa shape index (κ3) is 1.14. The van der Waals surface area contributed by atoms with Crippen molar-refractivity contribution in [2.45, 2.75) is 36.7 Å². The normalized spacial score (nSPS) is 46.1. The van der Waals surface area contributed by atoms with Crippen molar-refractivity contribution < 1.29 is 17.4 Å². The Morgan fingerprint density at radius 1 is 1.29 bits per heavy atom. The Morgan fingerprint density at radius 2 is 2.14 bits per heavy atom. The third-order valence-electron chi connectivity index (χ3n) is 3.24. The monoisotopic (exact) mass is 219 g/mol. The Balaban J connectivity index is 1.93. The van der Waals surface area contributed by atoms with E-state index in [1.807, 2.05) is 5.06 Å². The Morgan fingerprint density at radius 3 is 3.00 bits per heavy atom. The fraction of sp³-hybridized carbons (Fsp3) is 1.00. The van der Waals surface area contributed by atoms with Gasteiger partial charge in [0.2, 0.25) is 0 Å². The molecule has 0 aromatic rings. The second-order valence-corrected chi connectivity index (χ2v) is 5.86. The molecule has 0 aliphatic carbocycles. The number of fused-ring (bicyclic) bond motifs is 3. The van der Waals surface area contributed by atoms with Crippen LogP contribution >= 0.6 is 0 Å². The molecule has 3 fully saturated rings. The van der Waals surface area contributed by atoms with E-state index in [2.05, 4.69) is 0 Å². The van der Waals surface area contributed by atoms with Gasteiger partial charge in [-0.3, -0.25) is 9.02 Å². The highest BCUT2D eigenvalue weighted by molar-refractivity contribution is 7.87. The van der Waals surface area contributed by atoms with Gasteiger partial charge in [-0.05, 0) is 12.8 Å². The molecule has 0 amide bonds. The van der Waals surface area contributed by atoms with Crippen LogP contribution in [0, 0.1) is 0 Å². The molecule has 6 heteroatoms. The number of rotatable bonds is 0. The zero-order valence-corrected chi connectivity index (χ0v) is 8.57. The van der Waals surface area contributed by atoms with Crippen LogP contribution in [0.25, 0.3) is 0 Å². The highest BCUT2D eigenvalue weighted by Crippen LogP contribution is 2.37. The second kappa shape index (κ2) is 2.91. The minimum Gasteiger partial charge on any atom is -0.291 e. The molecule has 0 N–H and O–H groups in total. The lowest BCUT2D eigenvalue weighted by Crippen LogP contribution is -2.41. The third-order valence-corrected chi connectivity index (χ3v) is 4.99. The van der Waals surface area contributed by atoms with Crippen LogP contribution in [0.2, 0.25) is 0 Å². The maximum Gasteiger partial charge on any atom is 0.274 e. The molecule has 0 aromatic carbocycles. The van der Waals surface area contributed by atoms with Gasteiger partial charge in [-0.25, -0.2) is 0 Å². The predicted molar refractivity (Wildman–Crippen MR) is 47.9 cm³/mol. The molecule has 0 saturated carbocycles. The first-order chi connectivity index (χ1) is 6.68. The molecule has 3 aliphatic heterocycles. The smallest absolute Gasteiger partial charge is 0.274 e. The van der Waals surface area contributed by atoms with Gasteiger partial charge in [0.15, 0.2) is 0 Å². The van der Waals surface area contributed by atoms with Crippen LogP contribution in [0.15, 0.2) is 0 Å². The van der Waals surface area contributed by atoms with E-state index in [9.17, 15) is 8.42 Å². The molecule has 3 saturated heterocycles. The number of piperidine rings is 1. The molecule has 3 rings (SSSR count). The van der Waals surface area contributed by atoms with E-state index >= 15 is 0 Å². The molecule has 5 nitrogen and oxygen atoms in total. The topological polar surface area (TPSA) is 55.8 Å². The largest absolute Gasteiger partial charge is 0.291 e.